The standard InChI is InChI=1S/C24H24N4O6S/c29-21(26-32)10-7-17-5-8-18(9-6-17)33-16-23(30)27-11-13-28(14-12-27)24(31)34-15-22-25-19-3-1-2-4-20(19)35-22/h1-10,32H,11-16H2,(H,26,29)/b10-7+. The molecule has 0 radical (unpaired) electrons. The van der Waals surface area contributed by atoms with Crippen molar-refractivity contribution >= 4 is 45.5 Å². The van der Waals surface area contributed by atoms with E-state index in [9.17, 15) is 14.4 Å². The quantitative estimate of drug-likeness (QED) is 0.293. The lowest BCUT2D eigenvalue weighted by molar-refractivity contribution is -0.135. The molecule has 0 saturated carbocycles. The fourth-order valence-electron chi connectivity index (χ4n) is 3.46. The summed E-state index contributed by atoms with van der Waals surface area (Å²) in [7, 11) is 0. The Morgan fingerprint density at radius 3 is 2.46 bits per heavy atom. The highest BCUT2D eigenvalue weighted by atomic mass is 32.1. The fourth-order valence-corrected chi connectivity index (χ4v) is 4.34. The third-order valence-electron chi connectivity index (χ3n) is 5.33. The number of hydrogen-bond donors (Lipinski definition) is 2. The molecule has 182 valence electrons. The van der Waals surface area contributed by atoms with E-state index in [2.05, 4.69) is 4.98 Å². The molecule has 0 bridgehead atoms. The molecule has 3 aromatic rings. The Morgan fingerprint density at radius 1 is 1.03 bits per heavy atom. The molecule has 1 fully saturated rings. The van der Waals surface area contributed by atoms with Crippen LogP contribution < -0.4 is 10.2 Å². The lowest BCUT2D eigenvalue weighted by Gasteiger charge is -2.34. The van der Waals surface area contributed by atoms with Crippen LogP contribution in [-0.2, 0) is 20.9 Å². The Bertz CT molecular complexity index is 1190. The summed E-state index contributed by atoms with van der Waals surface area (Å²) < 4.78 is 12.0. The summed E-state index contributed by atoms with van der Waals surface area (Å²) in [5, 5.41) is 9.22. The van der Waals surface area contributed by atoms with Gasteiger partial charge in [0.2, 0.25) is 0 Å². The van der Waals surface area contributed by atoms with E-state index >= 15 is 0 Å². The van der Waals surface area contributed by atoms with E-state index in [1.807, 2.05) is 24.3 Å². The Labute approximate surface area is 205 Å². The highest BCUT2D eigenvalue weighted by Gasteiger charge is 2.25. The van der Waals surface area contributed by atoms with Gasteiger partial charge in [0.1, 0.15) is 17.4 Å². The van der Waals surface area contributed by atoms with E-state index < -0.39 is 12.0 Å². The predicted molar refractivity (Wildman–Crippen MR) is 129 cm³/mol. The lowest BCUT2D eigenvalue weighted by atomic mass is 10.2. The van der Waals surface area contributed by atoms with Crippen LogP contribution in [0.1, 0.15) is 10.6 Å². The van der Waals surface area contributed by atoms with Crippen LogP contribution in [0.2, 0.25) is 0 Å². The molecule has 1 aliphatic heterocycles. The van der Waals surface area contributed by atoms with Crippen molar-refractivity contribution in [2.45, 2.75) is 6.61 Å². The number of benzene rings is 2. The molecule has 1 aromatic heterocycles. The van der Waals surface area contributed by atoms with Crippen LogP contribution >= 0.6 is 11.3 Å². The highest BCUT2D eigenvalue weighted by Crippen LogP contribution is 2.22. The molecule has 0 spiro atoms. The molecule has 35 heavy (non-hydrogen) atoms. The molecule has 2 heterocycles. The number of piperazine rings is 1. The smallest absolute Gasteiger partial charge is 0.410 e. The maximum Gasteiger partial charge on any atom is 0.410 e. The number of hydroxylamine groups is 1. The summed E-state index contributed by atoms with van der Waals surface area (Å²) >= 11 is 1.50. The van der Waals surface area contributed by atoms with Crippen LogP contribution in [0.3, 0.4) is 0 Å². The molecule has 11 heteroatoms. The number of carbonyl (C=O) groups is 3. The minimum atomic E-state index is -0.627. The molecule has 0 unspecified atom stereocenters. The second-order valence-corrected chi connectivity index (χ2v) is 8.78. The number of fused-ring (bicyclic) bond motifs is 1. The van der Waals surface area contributed by atoms with Crippen molar-refractivity contribution in [3.8, 4) is 5.75 Å². The minimum absolute atomic E-state index is 0.119. The second kappa shape index (κ2) is 11.4. The number of amides is 3. The molecule has 0 aliphatic carbocycles. The van der Waals surface area contributed by atoms with Crippen molar-refractivity contribution in [1.29, 1.82) is 0 Å². The number of nitrogens with zero attached hydrogens (tertiary/aromatic N) is 3. The summed E-state index contributed by atoms with van der Waals surface area (Å²) in [6, 6.07) is 14.6. The van der Waals surface area contributed by atoms with E-state index in [0.717, 1.165) is 20.8 Å². The van der Waals surface area contributed by atoms with E-state index in [0.29, 0.717) is 31.9 Å². The Kier molecular flexibility index (Phi) is 7.91. The Morgan fingerprint density at radius 2 is 1.74 bits per heavy atom. The maximum absolute atomic E-state index is 12.5. The molecule has 3 amide bonds. The average Bonchev–Trinajstić information content (AvgIpc) is 3.32. The molecule has 10 nitrogen and oxygen atoms in total. The van der Waals surface area contributed by atoms with Gasteiger partial charge >= 0.3 is 6.09 Å². The maximum atomic E-state index is 12.5. The fraction of sp³-hybridized carbons (Fsp3) is 0.250. The number of carbonyl (C=O) groups excluding carboxylic acids is 3. The van der Waals surface area contributed by atoms with Crippen LogP contribution in [0.5, 0.6) is 5.75 Å². The monoisotopic (exact) mass is 496 g/mol. The number of thiazole rings is 1. The van der Waals surface area contributed by atoms with Crippen LogP contribution in [0, 0.1) is 0 Å². The van der Waals surface area contributed by atoms with Gasteiger partial charge in [-0.15, -0.1) is 11.3 Å². The predicted octanol–water partition coefficient (Wildman–Crippen LogP) is 2.67. The third kappa shape index (κ3) is 6.55. The first-order valence-electron chi connectivity index (χ1n) is 10.9. The molecular weight excluding hydrogens is 472 g/mol. The summed E-state index contributed by atoms with van der Waals surface area (Å²) in [5.41, 5.74) is 3.13. The number of aromatic nitrogens is 1. The van der Waals surface area contributed by atoms with Gasteiger partial charge in [0.05, 0.1) is 10.2 Å². The van der Waals surface area contributed by atoms with Crippen LogP contribution in [0.25, 0.3) is 16.3 Å². The molecule has 2 aromatic carbocycles. The summed E-state index contributed by atoms with van der Waals surface area (Å²) in [4.78, 5) is 43.6. The molecule has 1 aliphatic rings. The minimum Gasteiger partial charge on any atom is -0.484 e. The largest absolute Gasteiger partial charge is 0.484 e. The van der Waals surface area contributed by atoms with Crippen molar-refractivity contribution in [2.75, 3.05) is 32.8 Å². The summed E-state index contributed by atoms with van der Waals surface area (Å²) in [6.45, 7) is 1.56. The van der Waals surface area contributed by atoms with Gasteiger partial charge in [0, 0.05) is 32.3 Å². The second-order valence-electron chi connectivity index (χ2n) is 7.66. The topological polar surface area (TPSA) is 121 Å². The first kappa shape index (κ1) is 24.2. The SMILES string of the molecule is O=C(/C=C/c1ccc(OCC(=O)N2CCN(C(=O)OCc3nc4ccccc4s3)CC2)cc1)NO. The number of para-hydroxylation sites is 1. The van der Waals surface area contributed by atoms with Gasteiger partial charge in [0.15, 0.2) is 6.61 Å². The molecule has 4 rings (SSSR count). The van der Waals surface area contributed by atoms with Gasteiger partial charge in [-0.25, -0.2) is 15.3 Å². The van der Waals surface area contributed by atoms with Crippen molar-refractivity contribution in [3.63, 3.8) is 0 Å². The van der Waals surface area contributed by atoms with E-state index in [1.165, 1.54) is 29.0 Å². The molecular formula is C24H24N4O6S. The normalized spacial score (nSPS) is 13.7. The number of rotatable bonds is 7. The Hall–Kier alpha value is -3.96. The van der Waals surface area contributed by atoms with E-state index in [4.69, 9.17) is 14.7 Å². The van der Waals surface area contributed by atoms with Gasteiger partial charge < -0.3 is 19.3 Å². The lowest BCUT2D eigenvalue weighted by Crippen LogP contribution is -2.51. The van der Waals surface area contributed by atoms with Crippen LogP contribution in [0.4, 0.5) is 4.79 Å². The van der Waals surface area contributed by atoms with Gasteiger partial charge in [-0.2, -0.15) is 0 Å². The Balaban J connectivity index is 1.18. The van der Waals surface area contributed by atoms with Crippen molar-refractivity contribution in [3.05, 3.63) is 65.2 Å². The molecule has 0 atom stereocenters. The zero-order chi connectivity index (χ0) is 24.6. The van der Waals surface area contributed by atoms with E-state index in [-0.39, 0.29) is 19.1 Å². The van der Waals surface area contributed by atoms with Gasteiger partial charge in [0.25, 0.3) is 11.8 Å². The highest BCUT2D eigenvalue weighted by molar-refractivity contribution is 7.18. The molecule has 2 N–H and O–H groups in total. The first-order chi connectivity index (χ1) is 17.0. The zero-order valence-electron chi connectivity index (χ0n) is 18.8. The van der Waals surface area contributed by atoms with Gasteiger partial charge in [-0.3, -0.25) is 14.8 Å². The number of hydrogen-bond acceptors (Lipinski definition) is 8. The van der Waals surface area contributed by atoms with Crippen molar-refractivity contribution < 1.29 is 29.1 Å². The van der Waals surface area contributed by atoms with Crippen LogP contribution in [-0.4, -0.2) is 70.7 Å². The first-order valence-corrected chi connectivity index (χ1v) is 11.7. The number of nitrogens with one attached hydrogen (secondary N) is 1. The summed E-state index contributed by atoms with van der Waals surface area (Å²) in [5.74, 6) is -0.285. The van der Waals surface area contributed by atoms with Gasteiger partial charge in [-0.05, 0) is 35.9 Å². The molecule has 1 saturated heterocycles. The zero-order valence-corrected chi connectivity index (χ0v) is 19.6. The average molecular weight is 497 g/mol. The van der Waals surface area contributed by atoms with Crippen molar-refractivity contribution in [2.24, 2.45) is 0 Å². The van der Waals surface area contributed by atoms with Crippen LogP contribution in [0.15, 0.2) is 54.6 Å². The summed E-state index contributed by atoms with van der Waals surface area (Å²) in [6.07, 6.45) is 2.30. The number of ether oxygens (including phenoxy) is 2. The third-order valence-corrected chi connectivity index (χ3v) is 6.34. The van der Waals surface area contributed by atoms with E-state index in [1.54, 1.807) is 34.1 Å². The van der Waals surface area contributed by atoms with Gasteiger partial charge in [-0.1, -0.05) is 24.3 Å². The van der Waals surface area contributed by atoms with Crippen molar-refractivity contribution in [1.82, 2.24) is 20.3 Å².